The van der Waals surface area contributed by atoms with Gasteiger partial charge >= 0.3 is 0 Å². The summed E-state index contributed by atoms with van der Waals surface area (Å²) in [5.41, 5.74) is 1.87. The predicted octanol–water partition coefficient (Wildman–Crippen LogP) is 2.33. The normalized spacial score (nSPS) is 16.4. The number of carbonyl (C=O) groups is 1. The fourth-order valence-corrected chi connectivity index (χ4v) is 4.50. The number of carbonyl (C=O) groups excluding carboxylic acids is 1. The van der Waals surface area contributed by atoms with E-state index in [2.05, 4.69) is 10.0 Å². The lowest BCUT2D eigenvalue weighted by Crippen LogP contribution is -2.38. The third-order valence-corrected chi connectivity index (χ3v) is 6.48. The number of aryl methyl sites for hydroxylation is 1. The summed E-state index contributed by atoms with van der Waals surface area (Å²) < 4.78 is 28.2. The largest absolute Gasteiger partial charge is 0.337 e. The van der Waals surface area contributed by atoms with Gasteiger partial charge in [-0.3, -0.25) is 4.79 Å². The van der Waals surface area contributed by atoms with Gasteiger partial charge in [0.1, 0.15) is 0 Å². The van der Waals surface area contributed by atoms with Crippen LogP contribution in [0.25, 0.3) is 0 Å². The van der Waals surface area contributed by atoms with Crippen LogP contribution < -0.4 is 10.0 Å². The quantitative estimate of drug-likeness (QED) is 0.747. The lowest BCUT2D eigenvalue weighted by atomic mass is 10.1. The van der Waals surface area contributed by atoms with Crippen molar-refractivity contribution in [3.63, 3.8) is 0 Å². The molecule has 152 valence electrons. The molecule has 0 aromatic heterocycles. The second-order valence-corrected chi connectivity index (χ2v) is 8.59. The van der Waals surface area contributed by atoms with Crippen molar-refractivity contribution in [3.05, 3.63) is 65.2 Å². The lowest BCUT2D eigenvalue weighted by Gasteiger charge is -2.24. The van der Waals surface area contributed by atoms with Gasteiger partial charge in [-0.1, -0.05) is 36.4 Å². The van der Waals surface area contributed by atoms with Crippen molar-refractivity contribution in [2.24, 2.45) is 0 Å². The molecule has 1 fully saturated rings. The Kier molecular flexibility index (Phi) is 7.60. The Morgan fingerprint density at radius 1 is 1.21 bits per heavy atom. The van der Waals surface area contributed by atoms with E-state index in [1.165, 1.54) is 6.07 Å². The maximum Gasteiger partial charge on any atom is 0.253 e. The minimum atomic E-state index is -3.72. The van der Waals surface area contributed by atoms with Crippen molar-refractivity contribution in [2.75, 3.05) is 20.1 Å². The molecule has 1 saturated heterocycles. The fourth-order valence-electron chi connectivity index (χ4n) is 3.21. The van der Waals surface area contributed by atoms with E-state index >= 15 is 0 Å². The van der Waals surface area contributed by atoms with Crippen LogP contribution in [0, 0.1) is 6.92 Å². The van der Waals surface area contributed by atoms with E-state index in [0.29, 0.717) is 11.1 Å². The van der Waals surface area contributed by atoms with Crippen LogP contribution in [-0.2, 0) is 16.6 Å². The molecule has 1 heterocycles. The molecular formula is C20H26ClN3O3S. The van der Waals surface area contributed by atoms with Crippen LogP contribution in [0.3, 0.4) is 0 Å². The predicted molar refractivity (Wildman–Crippen MR) is 112 cm³/mol. The Labute approximate surface area is 172 Å². The zero-order chi connectivity index (χ0) is 19.4. The number of hydrogen-bond donors (Lipinski definition) is 2. The topological polar surface area (TPSA) is 78.5 Å². The molecule has 0 saturated carbocycles. The van der Waals surface area contributed by atoms with Crippen molar-refractivity contribution >= 4 is 28.3 Å². The lowest BCUT2D eigenvalue weighted by molar-refractivity contribution is 0.0743. The Morgan fingerprint density at radius 3 is 2.57 bits per heavy atom. The zero-order valence-electron chi connectivity index (χ0n) is 16.0. The molecule has 1 unspecified atom stereocenters. The fraction of sp³-hybridized carbons (Fsp3) is 0.350. The summed E-state index contributed by atoms with van der Waals surface area (Å²) in [7, 11) is -1.96. The molecule has 3 rings (SSSR count). The Hall–Kier alpha value is -1.93. The number of rotatable bonds is 6. The van der Waals surface area contributed by atoms with E-state index in [4.69, 9.17) is 0 Å². The maximum atomic E-state index is 12.8. The number of sulfonamides is 1. The van der Waals surface area contributed by atoms with Crippen LogP contribution in [0.2, 0.25) is 0 Å². The van der Waals surface area contributed by atoms with Gasteiger partial charge in [-0.25, -0.2) is 13.1 Å². The van der Waals surface area contributed by atoms with Gasteiger partial charge in [-0.15, -0.1) is 12.4 Å². The van der Waals surface area contributed by atoms with Crippen LogP contribution in [-0.4, -0.2) is 45.4 Å². The second-order valence-electron chi connectivity index (χ2n) is 6.85. The van der Waals surface area contributed by atoms with E-state index in [9.17, 15) is 13.2 Å². The standard InChI is InChI=1S/C20H25N3O3S.ClH/c1-15-8-9-17(20(24)23(2)18-10-11-21-14-18)12-19(15)27(25,26)22-13-16-6-4-3-5-7-16;/h3-9,12,18,21-22H,10-11,13-14H2,1-2H3;1H. The van der Waals surface area contributed by atoms with Crippen molar-refractivity contribution < 1.29 is 13.2 Å². The summed E-state index contributed by atoms with van der Waals surface area (Å²) >= 11 is 0. The first-order valence-electron chi connectivity index (χ1n) is 9.00. The van der Waals surface area contributed by atoms with E-state index in [1.54, 1.807) is 31.0 Å². The molecule has 2 aromatic rings. The monoisotopic (exact) mass is 423 g/mol. The van der Waals surface area contributed by atoms with Crippen molar-refractivity contribution in [2.45, 2.75) is 30.8 Å². The first kappa shape index (κ1) is 22.4. The smallest absolute Gasteiger partial charge is 0.253 e. The van der Waals surface area contributed by atoms with E-state index < -0.39 is 10.0 Å². The van der Waals surface area contributed by atoms with Crippen LogP contribution in [0.15, 0.2) is 53.4 Å². The summed E-state index contributed by atoms with van der Waals surface area (Å²) in [6.07, 6.45) is 0.901. The molecule has 1 atom stereocenters. The highest BCUT2D eigenvalue weighted by Gasteiger charge is 2.25. The van der Waals surface area contributed by atoms with Crippen LogP contribution in [0.1, 0.15) is 27.9 Å². The van der Waals surface area contributed by atoms with Gasteiger partial charge in [0.2, 0.25) is 10.0 Å². The maximum absolute atomic E-state index is 12.8. The van der Waals surface area contributed by atoms with Crippen LogP contribution in [0.4, 0.5) is 0 Å². The molecule has 1 amide bonds. The van der Waals surface area contributed by atoms with Crippen molar-refractivity contribution in [1.82, 2.24) is 14.9 Å². The number of likely N-dealkylation sites (N-methyl/N-ethyl adjacent to an activating group) is 1. The second kappa shape index (κ2) is 9.52. The highest BCUT2D eigenvalue weighted by molar-refractivity contribution is 7.89. The summed E-state index contributed by atoms with van der Waals surface area (Å²) in [6.45, 7) is 3.58. The number of hydrogen-bond acceptors (Lipinski definition) is 4. The van der Waals surface area contributed by atoms with Crippen LogP contribution in [0.5, 0.6) is 0 Å². The van der Waals surface area contributed by atoms with Gasteiger partial charge in [-0.2, -0.15) is 0 Å². The summed E-state index contributed by atoms with van der Waals surface area (Å²) in [4.78, 5) is 14.6. The number of nitrogens with zero attached hydrogens (tertiary/aromatic N) is 1. The number of halogens is 1. The van der Waals surface area contributed by atoms with Gasteiger partial charge in [0.25, 0.3) is 5.91 Å². The van der Waals surface area contributed by atoms with E-state index in [1.807, 2.05) is 30.3 Å². The number of benzene rings is 2. The molecule has 0 aliphatic carbocycles. The number of amides is 1. The van der Waals surface area contributed by atoms with E-state index in [-0.39, 0.29) is 35.8 Å². The van der Waals surface area contributed by atoms with Crippen LogP contribution >= 0.6 is 12.4 Å². The minimum absolute atomic E-state index is 0. The molecule has 0 spiro atoms. The Morgan fingerprint density at radius 2 is 1.93 bits per heavy atom. The first-order valence-corrected chi connectivity index (χ1v) is 10.5. The Balaban J connectivity index is 0.00000280. The molecule has 0 radical (unpaired) electrons. The molecule has 8 heteroatoms. The molecule has 0 bridgehead atoms. The summed E-state index contributed by atoms with van der Waals surface area (Å²) in [6, 6.07) is 14.3. The average molecular weight is 424 g/mol. The van der Waals surface area contributed by atoms with Gasteiger partial charge < -0.3 is 10.2 Å². The molecule has 1 aliphatic rings. The zero-order valence-corrected chi connectivity index (χ0v) is 17.6. The van der Waals surface area contributed by atoms with E-state index in [0.717, 1.165) is 25.1 Å². The third kappa shape index (κ3) is 5.11. The molecule has 1 aliphatic heterocycles. The third-order valence-electron chi connectivity index (χ3n) is 4.94. The van der Waals surface area contributed by atoms with Crippen molar-refractivity contribution in [3.8, 4) is 0 Å². The van der Waals surface area contributed by atoms with Gasteiger partial charge in [0, 0.05) is 31.7 Å². The number of nitrogens with one attached hydrogen (secondary N) is 2. The first-order chi connectivity index (χ1) is 12.9. The molecule has 6 nitrogen and oxygen atoms in total. The summed E-state index contributed by atoms with van der Waals surface area (Å²) in [5.74, 6) is -0.164. The minimum Gasteiger partial charge on any atom is -0.337 e. The van der Waals surface area contributed by atoms with Gasteiger partial charge in [0.05, 0.1) is 4.90 Å². The van der Waals surface area contributed by atoms with Gasteiger partial charge in [0.15, 0.2) is 0 Å². The molecule has 28 heavy (non-hydrogen) atoms. The highest BCUT2D eigenvalue weighted by Crippen LogP contribution is 2.20. The van der Waals surface area contributed by atoms with Crippen molar-refractivity contribution in [1.29, 1.82) is 0 Å². The molecule has 2 aromatic carbocycles. The highest BCUT2D eigenvalue weighted by atomic mass is 35.5. The van der Waals surface area contributed by atoms with Gasteiger partial charge in [-0.05, 0) is 43.1 Å². The average Bonchev–Trinajstić information content (AvgIpc) is 3.21. The SMILES string of the molecule is Cc1ccc(C(=O)N(C)C2CCNC2)cc1S(=O)(=O)NCc1ccccc1.Cl. The molecule has 2 N–H and O–H groups in total. The Bertz CT molecular complexity index is 914. The molecular weight excluding hydrogens is 398 g/mol. The summed E-state index contributed by atoms with van der Waals surface area (Å²) in [5, 5.41) is 3.24.